The van der Waals surface area contributed by atoms with Crippen LogP contribution in [0.4, 0.5) is 5.69 Å². The Hall–Kier alpha value is -3.28. The van der Waals surface area contributed by atoms with E-state index in [1.54, 1.807) is 0 Å². The molecule has 6 nitrogen and oxygen atoms in total. The number of nitrogens with one attached hydrogen (secondary N) is 1. The molecule has 2 aromatic heterocycles. The third-order valence-electron chi connectivity index (χ3n) is 5.34. The minimum atomic E-state index is -0.573. The first-order valence-corrected chi connectivity index (χ1v) is 8.85. The van der Waals surface area contributed by atoms with Crippen LogP contribution in [-0.2, 0) is 10.2 Å². The van der Waals surface area contributed by atoms with E-state index in [0.717, 1.165) is 44.8 Å². The lowest BCUT2D eigenvalue weighted by Gasteiger charge is -2.14. The van der Waals surface area contributed by atoms with Crippen LogP contribution in [0.5, 0.6) is 0 Å². The van der Waals surface area contributed by atoms with Gasteiger partial charge in [-0.15, -0.1) is 0 Å². The van der Waals surface area contributed by atoms with Crippen molar-refractivity contribution in [2.24, 2.45) is 0 Å². The number of amides is 1. The SMILES string of the molecule is Cc1nc2ccc(-c3nc4cc5c(cc4o3)NC(=O)C5(C)C)cc2nc1C. The molecule has 1 N–H and O–H groups in total. The average Bonchev–Trinajstić information content (AvgIpc) is 3.13. The number of carbonyl (C=O) groups is 1. The lowest BCUT2D eigenvalue weighted by Crippen LogP contribution is -2.26. The summed E-state index contributed by atoms with van der Waals surface area (Å²) in [7, 11) is 0. The minimum absolute atomic E-state index is 0.0101. The zero-order valence-electron chi connectivity index (χ0n) is 15.5. The number of rotatable bonds is 1. The van der Waals surface area contributed by atoms with Crippen molar-refractivity contribution in [3.05, 3.63) is 47.3 Å². The molecule has 2 aromatic carbocycles. The molecule has 0 spiro atoms. The molecule has 0 bridgehead atoms. The molecule has 1 amide bonds. The van der Waals surface area contributed by atoms with Crippen LogP contribution < -0.4 is 5.32 Å². The zero-order chi connectivity index (χ0) is 18.9. The first-order valence-electron chi connectivity index (χ1n) is 8.85. The number of benzene rings is 2. The fourth-order valence-corrected chi connectivity index (χ4v) is 3.48. The van der Waals surface area contributed by atoms with Gasteiger partial charge < -0.3 is 9.73 Å². The third-order valence-corrected chi connectivity index (χ3v) is 5.34. The van der Waals surface area contributed by atoms with E-state index >= 15 is 0 Å². The summed E-state index contributed by atoms with van der Waals surface area (Å²) in [6.45, 7) is 7.72. The van der Waals surface area contributed by atoms with Crippen molar-refractivity contribution in [3.63, 3.8) is 0 Å². The molecule has 0 aliphatic carbocycles. The van der Waals surface area contributed by atoms with Crippen LogP contribution in [0.1, 0.15) is 30.8 Å². The zero-order valence-corrected chi connectivity index (χ0v) is 15.5. The molecule has 134 valence electrons. The first-order chi connectivity index (χ1) is 12.8. The van der Waals surface area contributed by atoms with Crippen LogP contribution in [0.15, 0.2) is 34.7 Å². The van der Waals surface area contributed by atoms with Gasteiger partial charge >= 0.3 is 0 Å². The molecule has 6 heteroatoms. The molecule has 3 heterocycles. The number of fused-ring (bicyclic) bond motifs is 3. The van der Waals surface area contributed by atoms with Gasteiger partial charge in [0.05, 0.1) is 27.8 Å². The fraction of sp³-hybridized carbons (Fsp3) is 0.238. The van der Waals surface area contributed by atoms with E-state index in [1.807, 2.05) is 58.0 Å². The average molecular weight is 358 g/mol. The van der Waals surface area contributed by atoms with Gasteiger partial charge in [0.1, 0.15) is 5.52 Å². The van der Waals surface area contributed by atoms with Gasteiger partial charge in [-0.3, -0.25) is 4.79 Å². The second-order valence-electron chi connectivity index (χ2n) is 7.56. The third kappa shape index (κ3) is 2.26. The Morgan fingerprint density at radius 2 is 1.67 bits per heavy atom. The van der Waals surface area contributed by atoms with Crippen molar-refractivity contribution in [2.45, 2.75) is 33.1 Å². The van der Waals surface area contributed by atoms with Crippen molar-refractivity contribution in [1.29, 1.82) is 0 Å². The van der Waals surface area contributed by atoms with Crippen molar-refractivity contribution in [2.75, 3.05) is 5.32 Å². The van der Waals surface area contributed by atoms with E-state index in [4.69, 9.17) is 4.42 Å². The highest BCUT2D eigenvalue weighted by Crippen LogP contribution is 2.40. The summed E-state index contributed by atoms with van der Waals surface area (Å²) in [6, 6.07) is 9.60. The largest absolute Gasteiger partial charge is 0.436 e. The number of anilines is 1. The molecule has 0 saturated carbocycles. The van der Waals surface area contributed by atoms with Gasteiger partial charge in [0.15, 0.2) is 5.58 Å². The van der Waals surface area contributed by atoms with E-state index in [1.165, 1.54) is 0 Å². The summed E-state index contributed by atoms with van der Waals surface area (Å²) in [5.74, 6) is 0.517. The molecular weight excluding hydrogens is 340 g/mol. The quantitative estimate of drug-likeness (QED) is 0.549. The number of oxazole rings is 1. The molecule has 0 saturated heterocycles. The number of aryl methyl sites for hydroxylation is 2. The molecule has 27 heavy (non-hydrogen) atoms. The standard InChI is InChI=1S/C21H18N4O2/c1-10-11(2)23-16-7-12(5-6-14(16)22-10)19-24-17-8-13-15(9-18(17)27-19)25-20(26)21(13,3)4/h5-9H,1-4H3,(H,25,26). The van der Waals surface area contributed by atoms with Crippen LogP contribution in [0.3, 0.4) is 0 Å². The Morgan fingerprint density at radius 1 is 0.926 bits per heavy atom. The summed E-state index contributed by atoms with van der Waals surface area (Å²) in [4.78, 5) is 26.0. The van der Waals surface area contributed by atoms with Crippen LogP contribution in [0.25, 0.3) is 33.6 Å². The highest BCUT2D eigenvalue weighted by atomic mass is 16.3. The molecule has 4 aromatic rings. The van der Waals surface area contributed by atoms with Crippen molar-refractivity contribution >= 4 is 33.7 Å². The molecule has 0 atom stereocenters. The molecule has 1 aliphatic heterocycles. The Kier molecular flexibility index (Phi) is 3.03. The van der Waals surface area contributed by atoms with E-state index in [-0.39, 0.29) is 5.91 Å². The van der Waals surface area contributed by atoms with Gasteiger partial charge in [0, 0.05) is 17.3 Å². The lowest BCUT2D eigenvalue weighted by molar-refractivity contribution is -0.119. The smallest absolute Gasteiger partial charge is 0.234 e. The summed E-state index contributed by atoms with van der Waals surface area (Å²) < 4.78 is 5.98. The Labute approximate surface area is 155 Å². The van der Waals surface area contributed by atoms with Crippen molar-refractivity contribution < 1.29 is 9.21 Å². The Balaban J connectivity index is 1.65. The highest BCUT2D eigenvalue weighted by Gasteiger charge is 2.39. The van der Waals surface area contributed by atoms with Crippen LogP contribution in [0.2, 0.25) is 0 Å². The number of nitrogens with zero attached hydrogens (tertiary/aromatic N) is 3. The molecule has 5 rings (SSSR count). The van der Waals surface area contributed by atoms with E-state index in [2.05, 4.69) is 20.3 Å². The molecule has 0 radical (unpaired) electrons. The number of hydrogen-bond donors (Lipinski definition) is 1. The Morgan fingerprint density at radius 3 is 2.44 bits per heavy atom. The van der Waals surface area contributed by atoms with Crippen molar-refractivity contribution in [3.8, 4) is 11.5 Å². The maximum Gasteiger partial charge on any atom is 0.234 e. The van der Waals surface area contributed by atoms with Gasteiger partial charge in [-0.25, -0.2) is 15.0 Å². The summed E-state index contributed by atoms with van der Waals surface area (Å²) in [5, 5.41) is 2.92. The summed E-state index contributed by atoms with van der Waals surface area (Å²) >= 11 is 0. The molecule has 1 aliphatic rings. The van der Waals surface area contributed by atoms with Gasteiger partial charge in [-0.05, 0) is 57.5 Å². The van der Waals surface area contributed by atoms with Crippen LogP contribution in [-0.4, -0.2) is 20.9 Å². The fourth-order valence-electron chi connectivity index (χ4n) is 3.48. The summed E-state index contributed by atoms with van der Waals surface area (Å²) in [6.07, 6.45) is 0. The maximum absolute atomic E-state index is 12.1. The van der Waals surface area contributed by atoms with Crippen molar-refractivity contribution in [1.82, 2.24) is 15.0 Å². The highest BCUT2D eigenvalue weighted by molar-refractivity contribution is 6.07. The summed E-state index contributed by atoms with van der Waals surface area (Å²) in [5.41, 5.74) is 6.88. The number of hydrogen-bond acceptors (Lipinski definition) is 5. The van der Waals surface area contributed by atoms with E-state index < -0.39 is 5.41 Å². The normalized spacial score (nSPS) is 15.3. The molecule has 0 unspecified atom stereocenters. The van der Waals surface area contributed by atoms with Gasteiger partial charge in [-0.1, -0.05) is 0 Å². The van der Waals surface area contributed by atoms with E-state index in [0.29, 0.717) is 11.5 Å². The predicted octanol–water partition coefficient (Wildman–Crippen LogP) is 4.28. The second kappa shape index (κ2) is 5.13. The number of carbonyl (C=O) groups excluding carboxylic acids is 1. The molecular formula is C21H18N4O2. The van der Waals surface area contributed by atoms with Crippen LogP contribution in [0, 0.1) is 13.8 Å². The van der Waals surface area contributed by atoms with Crippen LogP contribution >= 0.6 is 0 Å². The molecule has 0 fully saturated rings. The Bertz CT molecular complexity index is 1270. The van der Waals surface area contributed by atoms with Gasteiger partial charge in [0.25, 0.3) is 0 Å². The van der Waals surface area contributed by atoms with Gasteiger partial charge in [-0.2, -0.15) is 0 Å². The number of aromatic nitrogens is 3. The second-order valence-corrected chi connectivity index (χ2v) is 7.56. The monoisotopic (exact) mass is 358 g/mol. The van der Waals surface area contributed by atoms with Gasteiger partial charge in [0.2, 0.25) is 11.8 Å². The first kappa shape index (κ1) is 15.9. The minimum Gasteiger partial charge on any atom is -0.436 e. The van der Waals surface area contributed by atoms with E-state index in [9.17, 15) is 4.79 Å². The maximum atomic E-state index is 12.1. The predicted molar refractivity (Wildman–Crippen MR) is 104 cm³/mol. The topological polar surface area (TPSA) is 80.9 Å². The lowest BCUT2D eigenvalue weighted by atomic mass is 9.86.